The maximum atomic E-state index is 12.6. The number of benzene rings is 2. The van der Waals surface area contributed by atoms with E-state index in [9.17, 15) is 9.59 Å². The van der Waals surface area contributed by atoms with Crippen molar-refractivity contribution < 1.29 is 9.59 Å². The van der Waals surface area contributed by atoms with E-state index in [0.717, 1.165) is 30.6 Å². The third-order valence-corrected chi connectivity index (χ3v) is 5.27. The minimum Gasteiger partial charge on any atom is -0.333 e. The maximum Gasteiger partial charge on any atom is 0.319 e. The quantitative estimate of drug-likeness (QED) is 0.778. The number of hydrogen-bond acceptors (Lipinski definition) is 3. The molecule has 2 aromatic rings. The molecule has 6 nitrogen and oxygen atoms in total. The zero-order valence-electron chi connectivity index (χ0n) is 17.4. The summed E-state index contributed by atoms with van der Waals surface area (Å²) in [6.07, 6.45) is 2.54. The molecule has 1 fully saturated rings. The van der Waals surface area contributed by atoms with Crippen LogP contribution in [-0.2, 0) is 4.79 Å². The molecular weight excluding hydrogens is 364 g/mol. The molecule has 0 aliphatic carbocycles. The Balaban J connectivity index is 1.65. The van der Waals surface area contributed by atoms with Gasteiger partial charge in [-0.1, -0.05) is 36.4 Å². The molecule has 3 amide bonds. The molecule has 6 heteroatoms. The van der Waals surface area contributed by atoms with E-state index in [2.05, 4.69) is 27.7 Å². The van der Waals surface area contributed by atoms with Crippen molar-refractivity contribution in [2.45, 2.75) is 38.3 Å². The van der Waals surface area contributed by atoms with Gasteiger partial charge in [-0.05, 0) is 57.6 Å². The van der Waals surface area contributed by atoms with Gasteiger partial charge in [0.1, 0.15) is 0 Å². The third-order valence-electron chi connectivity index (χ3n) is 5.27. The Bertz CT molecular complexity index is 838. The van der Waals surface area contributed by atoms with Crippen LogP contribution in [-0.4, -0.2) is 43.5 Å². The molecule has 1 saturated heterocycles. The molecule has 0 unspecified atom stereocenters. The highest BCUT2D eigenvalue weighted by Gasteiger charge is 2.23. The second kappa shape index (κ2) is 9.56. The normalized spacial score (nSPS) is 16.4. The van der Waals surface area contributed by atoms with Gasteiger partial charge in [0, 0.05) is 30.4 Å². The topological polar surface area (TPSA) is 64.7 Å². The van der Waals surface area contributed by atoms with E-state index in [4.69, 9.17) is 0 Å². The van der Waals surface area contributed by atoms with E-state index in [1.165, 1.54) is 0 Å². The van der Waals surface area contributed by atoms with Crippen molar-refractivity contribution in [3.63, 3.8) is 0 Å². The summed E-state index contributed by atoms with van der Waals surface area (Å²) in [5, 5.41) is 5.95. The van der Waals surface area contributed by atoms with Crippen LogP contribution in [0.3, 0.4) is 0 Å². The lowest BCUT2D eigenvalue weighted by Gasteiger charge is -2.31. The van der Waals surface area contributed by atoms with E-state index in [0.29, 0.717) is 12.1 Å². The minimum atomic E-state index is -0.262. The van der Waals surface area contributed by atoms with Gasteiger partial charge in [-0.2, -0.15) is 0 Å². The SMILES string of the molecule is C[C@@H](NC(=O)Nc1cccc(N2CCCCC2=O)c1)[C@@H](c1ccccc1)N(C)C. The first-order valence-electron chi connectivity index (χ1n) is 10.1. The van der Waals surface area contributed by atoms with Crippen molar-refractivity contribution in [3.05, 3.63) is 60.2 Å². The van der Waals surface area contributed by atoms with Gasteiger partial charge in [-0.3, -0.25) is 4.79 Å². The predicted octanol–water partition coefficient (Wildman–Crippen LogP) is 4.02. The van der Waals surface area contributed by atoms with E-state index in [1.807, 2.05) is 63.5 Å². The molecule has 154 valence electrons. The number of anilines is 2. The Hall–Kier alpha value is -2.86. The first-order valence-corrected chi connectivity index (χ1v) is 10.1. The summed E-state index contributed by atoms with van der Waals surface area (Å²) >= 11 is 0. The second-order valence-electron chi connectivity index (χ2n) is 7.76. The van der Waals surface area contributed by atoms with E-state index in [-0.39, 0.29) is 24.0 Å². The number of hydrogen-bond donors (Lipinski definition) is 2. The number of carbonyl (C=O) groups is 2. The van der Waals surface area contributed by atoms with Crippen molar-refractivity contribution in [2.75, 3.05) is 30.9 Å². The monoisotopic (exact) mass is 394 g/mol. The average Bonchev–Trinajstić information content (AvgIpc) is 2.69. The lowest BCUT2D eigenvalue weighted by molar-refractivity contribution is -0.119. The Kier molecular flexibility index (Phi) is 6.88. The molecule has 1 aliphatic heterocycles. The molecule has 0 aromatic heterocycles. The molecular formula is C23H30N4O2. The molecule has 29 heavy (non-hydrogen) atoms. The summed E-state index contributed by atoms with van der Waals surface area (Å²) in [7, 11) is 4.01. The summed E-state index contributed by atoms with van der Waals surface area (Å²) in [5.74, 6) is 0.142. The van der Waals surface area contributed by atoms with Gasteiger partial charge in [0.05, 0.1) is 6.04 Å². The molecule has 0 saturated carbocycles. The third kappa shape index (κ3) is 5.35. The van der Waals surface area contributed by atoms with Crippen molar-refractivity contribution in [3.8, 4) is 0 Å². The number of carbonyl (C=O) groups excluding carboxylic acids is 2. The van der Waals surface area contributed by atoms with Crippen LogP contribution in [0, 0.1) is 0 Å². The molecule has 0 bridgehead atoms. The highest BCUT2D eigenvalue weighted by atomic mass is 16.2. The molecule has 1 heterocycles. The van der Waals surface area contributed by atoms with Gasteiger partial charge in [0.2, 0.25) is 5.91 Å². The van der Waals surface area contributed by atoms with Crippen molar-refractivity contribution in [1.82, 2.24) is 10.2 Å². The number of nitrogens with zero attached hydrogens (tertiary/aromatic N) is 2. The molecule has 0 radical (unpaired) electrons. The fraction of sp³-hybridized carbons (Fsp3) is 0.391. The number of likely N-dealkylation sites (N-methyl/N-ethyl adjacent to an activating group) is 1. The predicted molar refractivity (Wildman–Crippen MR) is 117 cm³/mol. The molecule has 2 aromatic carbocycles. The first kappa shape index (κ1) is 20.9. The number of urea groups is 1. The summed E-state index contributed by atoms with van der Waals surface area (Å²) in [5.41, 5.74) is 2.65. The van der Waals surface area contributed by atoms with Crippen molar-refractivity contribution in [2.24, 2.45) is 0 Å². The lowest BCUT2D eigenvalue weighted by Crippen LogP contribution is -2.44. The van der Waals surface area contributed by atoms with Crippen LogP contribution in [0.5, 0.6) is 0 Å². The highest BCUT2D eigenvalue weighted by molar-refractivity contribution is 5.95. The van der Waals surface area contributed by atoms with Crippen LogP contribution >= 0.6 is 0 Å². The maximum absolute atomic E-state index is 12.6. The van der Waals surface area contributed by atoms with Gasteiger partial charge in [0.15, 0.2) is 0 Å². The van der Waals surface area contributed by atoms with Gasteiger partial charge >= 0.3 is 6.03 Å². The Morgan fingerprint density at radius 1 is 1.07 bits per heavy atom. The molecule has 0 spiro atoms. The standard InChI is InChI=1S/C23H30N4O2/c1-17(22(26(2)3)18-10-5-4-6-11-18)24-23(29)25-19-12-9-13-20(16-19)27-15-8-7-14-21(27)28/h4-6,9-13,16-17,22H,7-8,14-15H2,1-3H3,(H2,24,25,29)/t17-,22+/m1/s1. The smallest absolute Gasteiger partial charge is 0.319 e. The first-order chi connectivity index (χ1) is 14.0. The summed E-state index contributed by atoms with van der Waals surface area (Å²) in [4.78, 5) is 28.7. The zero-order valence-corrected chi connectivity index (χ0v) is 17.4. The number of piperidine rings is 1. The lowest BCUT2D eigenvalue weighted by atomic mass is 9.99. The van der Waals surface area contributed by atoms with Gasteiger partial charge in [-0.15, -0.1) is 0 Å². The van der Waals surface area contributed by atoms with Gasteiger partial charge in [-0.25, -0.2) is 4.79 Å². The van der Waals surface area contributed by atoms with Crippen LogP contribution in [0.4, 0.5) is 16.2 Å². The second-order valence-corrected chi connectivity index (χ2v) is 7.76. The molecule has 3 rings (SSSR count). The highest BCUT2D eigenvalue weighted by Crippen LogP contribution is 2.25. The van der Waals surface area contributed by atoms with E-state index < -0.39 is 0 Å². The van der Waals surface area contributed by atoms with Crippen LogP contribution < -0.4 is 15.5 Å². The Morgan fingerprint density at radius 3 is 2.52 bits per heavy atom. The van der Waals surface area contributed by atoms with E-state index in [1.54, 1.807) is 4.90 Å². The summed E-state index contributed by atoms with van der Waals surface area (Å²) < 4.78 is 0. The average molecular weight is 395 g/mol. The zero-order chi connectivity index (χ0) is 20.8. The molecule has 1 aliphatic rings. The van der Waals surface area contributed by atoms with Crippen LogP contribution in [0.1, 0.15) is 37.8 Å². The largest absolute Gasteiger partial charge is 0.333 e. The van der Waals surface area contributed by atoms with Gasteiger partial charge < -0.3 is 20.4 Å². The van der Waals surface area contributed by atoms with E-state index >= 15 is 0 Å². The number of amides is 3. The molecule has 2 atom stereocenters. The van der Waals surface area contributed by atoms with Crippen LogP contribution in [0.15, 0.2) is 54.6 Å². The van der Waals surface area contributed by atoms with Crippen LogP contribution in [0.2, 0.25) is 0 Å². The summed E-state index contributed by atoms with van der Waals surface area (Å²) in [6.45, 7) is 2.73. The fourth-order valence-electron chi connectivity index (χ4n) is 3.97. The number of nitrogens with one attached hydrogen (secondary N) is 2. The van der Waals surface area contributed by atoms with Crippen molar-refractivity contribution >= 4 is 23.3 Å². The number of rotatable bonds is 6. The van der Waals surface area contributed by atoms with Crippen molar-refractivity contribution in [1.29, 1.82) is 0 Å². The Morgan fingerprint density at radius 2 is 1.83 bits per heavy atom. The Labute approximate surface area is 172 Å². The fourth-order valence-corrected chi connectivity index (χ4v) is 3.97. The van der Waals surface area contributed by atoms with Gasteiger partial charge in [0.25, 0.3) is 0 Å². The van der Waals surface area contributed by atoms with Crippen LogP contribution in [0.25, 0.3) is 0 Å². The minimum absolute atomic E-state index is 0.0549. The molecule has 2 N–H and O–H groups in total. The summed E-state index contributed by atoms with van der Waals surface area (Å²) in [6, 6.07) is 17.3.